The first-order valence-corrected chi connectivity index (χ1v) is 4.54. The molecule has 0 spiro atoms. The van der Waals surface area contributed by atoms with Gasteiger partial charge in [-0.2, -0.15) is 5.26 Å². The molecule has 0 aliphatic rings. The van der Waals surface area contributed by atoms with Crippen molar-refractivity contribution in [1.82, 2.24) is 0 Å². The molecule has 74 valence electrons. The third-order valence-electron chi connectivity index (χ3n) is 2.14. The monoisotopic (exact) mass is 190 g/mol. The number of hydrogen-bond acceptors (Lipinski definition) is 3. The van der Waals surface area contributed by atoms with Gasteiger partial charge in [0.1, 0.15) is 0 Å². The van der Waals surface area contributed by atoms with Crippen LogP contribution in [0.4, 0.5) is 0 Å². The fourth-order valence-corrected chi connectivity index (χ4v) is 1.28. The zero-order valence-corrected chi connectivity index (χ0v) is 8.14. The maximum absolute atomic E-state index is 9.31. The van der Waals surface area contributed by atoms with Crippen LogP contribution < -0.4 is 5.73 Å². The third kappa shape index (κ3) is 2.56. The Morgan fingerprint density at radius 2 is 2.29 bits per heavy atom. The first-order chi connectivity index (χ1) is 6.65. The van der Waals surface area contributed by atoms with E-state index in [1.807, 2.05) is 24.3 Å². The van der Waals surface area contributed by atoms with Crippen molar-refractivity contribution in [3.8, 4) is 6.07 Å². The standard InChI is InChI=1S/C11H14N2O/c1-8(14)11(13)10-4-2-3-9(7-10)5-6-12/h2-4,7-8,11,14H,5,13H2,1H3/t8-,11-/m0/s1. The lowest BCUT2D eigenvalue weighted by Crippen LogP contribution is -2.23. The van der Waals surface area contributed by atoms with E-state index in [1.165, 1.54) is 0 Å². The van der Waals surface area contributed by atoms with Crippen molar-refractivity contribution < 1.29 is 5.11 Å². The fraction of sp³-hybridized carbons (Fsp3) is 0.364. The van der Waals surface area contributed by atoms with Crippen LogP contribution in [-0.2, 0) is 6.42 Å². The Balaban J connectivity index is 2.89. The lowest BCUT2D eigenvalue weighted by atomic mass is 10.0. The fourth-order valence-electron chi connectivity index (χ4n) is 1.28. The van der Waals surface area contributed by atoms with Gasteiger partial charge in [-0.3, -0.25) is 0 Å². The second-order valence-electron chi connectivity index (χ2n) is 3.35. The molecule has 0 aliphatic carbocycles. The SMILES string of the molecule is C[C@H](O)[C@H](N)c1cccc(CC#N)c1. The van der Waals surface area contributed by atoms with Gasteiger partial charge >= 0.3 is 0 Å². The van der Waals surface area contributed by atoms with Gasteiger partial charge in [-0.05, 0) is 18.1 Å². The topological polar surface area (TPSA) is 70.0 Å². The van der Waals surface area contributed by atoms with Crippen molar-refractivity contribution in [2.45, 2.75) is 25.5 Å². The minimum absolute atomic E-state index is 0.375. The molecular formula is C11H14N2O. The largest absolute Gasteiger partial charge is 0.391 e. The average molecular weight is 190 g/mol. The van der Waals surface area contributed by atoms with Crippen LogP contribution in [0.2, 0.25) is 0 Å². The third-order valence-corrected chi connectivity index (χ3v) is 2.14. The van der Waals surface area contributed by atoms with E-state index in [-0.39, 0.29) is 6.04 Å². The maximum atomic E-state index is 9.31. The van der Waals surface area contributed by atoms with Crippen molar-refractivity contribution in [2.75, 3.05) is 0 Å². The molecule has 2 atom stereocenters. The number of nitrogens with two attached hydrogens (primary N) is 1. The zero-order valence-electron chi connectivity index (χ0n) is 8.14. The number of nitrogens with zero attached hydrogens (tertiary/aromatic N) is 1. The summed E-state index contributed by atoms with van der Waals surface area (Å²) in [6.45, 7) is 1.65. The Morgan fingerprint density at radius 1 is 1.57 bits per heavy atom. The molecule has 3 nitrogen and oxygen atoms in total. The Labute approximate surface area is 83.8 Å². The van der Waals surface area contributed by atoms with Gasteiger partial charge in [-0.15, -0.1) is 0 Å². The molecule has 0 bridgehead atoms. The van der Waals surface area contributed by atoms with Crippen LogP contribution >= 0.6 is 0 Å². The van der Waals surface area contributed by atoms with E-state index >= 15 is 0 Å². The summed E-state index contributed by atoms with van der Waals surface area (Å²) in [6, 6.07) is 9.14. The number of aliphatic hydroxyl groups is 1. The summed E-state index contributed by atoms with van der Waals surface area (Å²) in [4.78, 5) is 0. The van der Waals surface area contributed by atoms with Gasteiger partial charge in [0.15, 0.2) is 0 Å². The van der Waals surface area contributed by atoms with E-state index < -0.39 is 6.10 Å². The quantitative estimate of drug-likeness (QED) is 0.750. The van der Waals surface area contributed by atoms with Crippen LogP contribution in [0, 0.1) is 11.3 Å². The Kier molecular flexibility index (Phi) is 3.63. The van der Waals surface area contributed by atoms with E-state index in [2.05, 4.69) is 6.07 Å². The number of rotatable bonds is 3. The van der Waals surface area contributed by atoms with Gasteiger partial charge in [0, 0.05) is 0 Å². The summed E-state index contributed by atoms with van der Waals surface area (Å²) < 4.78 is 0. The van der Waals surface area contributed by atoms with Crippen molar-refractivity contribution in [1.29, 1.82) is 5.26 Å². The first kappa shape index (κ1) is 10.7. The summed E-state index contributed by atoms with van der Waals surface area (Å²) in [5.41, 5.74) is 7.57. The second kappa shape index (κ2) is 4.75. The molecule has 1 aromatic rings. The van der Waals surface area contributed by atoms with Gasteiger partial charge in [0.2, 0.25) is 0 Å². The molecule has 0 unspecified atom stereocenters. The van der Waals surface area contributed by atoms with Crippen molar-refractivity contribution >= 4 is 0 Å². The van der Waals surface area contributed by atoms with Crippen LogP contribution in [0.1, 0.15) is 24.1 Å². The highest BCUT2D eigenvalue weighted by atomic mass is 16.3. The molecule has 0 saturated heterocycles. The Bertz CT molecular complexity index is 341. The molecular weight excluding hydrogens is 176 g/mol. The molecule has 1 aromatic carbocycles. The van der Waals surface area contributed by atoms with Gasteiger partial charge in [0.25, 0.3) is 0 Å². The van der Waals surface area contributed by atoms with E-state index in [0.717, 1.165) is 11.1 Å². The maximum Gasteiger partial charge on any atom is 0.0704 e. The smallest absolute Gasteiger partial charge is 0.0704 e. The van der Waals surface area contributed by atoms with E-state index in [1.54, 1.807) is 6.92 Å². The van der Waals surface area contributed by atoms with E-state index in [4.69, 9.17) is 11.0 Å². The highest BCUT2D eigenvalue weighted by Gasteiger charge is 2.11. The first-order valence-electron chi connectivity index (χ1n) is 4.54. The lowest BCUT2D eigenvalue weighted by Gasteiger charge is -2.15. The molecule has 14 heavy (non-hydrogen) atoms. The molecule has 3 heteroatoms. The van der Waals surface area contributed by atoms with Crippen LogP contribution in [0.3, 0.4) is 0 Å². The molecule has 0 heterocycles. The van der Waals surface area contributed by atoms with E-state index in [0.29, 0.717) is 6.42 Å². The van der Waals surface area contributed by atoms with Gasteiger partial charge in [-0.1, -0.05) is 24.3 Å². The summed E-state index contributed by atoms with van der Waals surface area (Å²) in [5, 5.41) is 17.8. The molecule has 0 amide bonds. The lowest BCUT2D eigenvalue weighted by molar-refractivity contribution is 0.164. The Hall–Kier alpha value is -1.37. The summed E-state index contributed by atoms with van der Waals surface area (Å²) >= 11 is 0. The van der Waals surface area contributed by atoms with Crippen LogP contribution in [0.15, 0.2) is 24.3 Å². The van der Waals surface area contributed by atoms with Gasteiger partial charge in [0.05, 0.1) is 24.6 Å². The van der Waals surface area contributed by atoms with Crippen LogP contribution in [-0.4, -0.2) is 11.2 Å². The van der Waals surface area contributed by atoms with Gasteiger partial charge in [-0.25, -0.2) is 0 Å². The minimum Gasteiger partial charge on any atom is -0.391 e. The number of benzene rings is 1. The summed E-state index contributed by atoms with van der Waals surface area (Å²) in [5.74, 6) is 0. The number of nitriles is 1. The second-order valence-corrected chi connectivity index (χ2v) is 3.35. The minimum atomic E-state index is -0.577. The number of hydrogen-bond donors (Lipinski definition) is 2. The predicted molar refractivity (Wildman–Crippen MR) is 54.4 cm³/mol. The number of aliphatic hydroxyl groups excluding tert-OH is 1. The molecule has 1 rings (SSSR count). The van der Waals surface area contributed by atoms with E-state index in [9.17, 15) is 5.11 Å². The van der Waals surface area contributed by atoms with Crippen molar-refractivity contribution in [2.24, 2.45) is 5.73 Å². The predicted octanol–water partition coefficient (Wildman–Crippen LogP) is 1.13. The average Bonchev–Trinajstić information content (AvgIpc) is 2.17. The van der Waals surface area contributed by atoms with Crippen molar-refractivity contribution in [3.05, 3.63) is 35.4 Å². The Morgan fingerprint density at radius 3 is 2.86 bits per heavy atom. The van der Waals surface area contributed by atoms with Crippen LogP contribution in [0.25, 0.3) is 0 Å². The molecule has 0 saturated carbocycles. The molecule has 0 radical (unpaired) electrons. The normalized spacial score (nSPS) is 14.4. The van der Waals surface area contributed by atoms with Gasteiger partial charge < -0.3 is 10.8 Å². The highest BCUT2D eigenvalue weighted by Crippen LogP contribution is 2.15. The summed E-state index contributed by atoms with van der Waals surface area (Å²) in [7, 11) is 0. The molecule has 0 fully saturated rings. The summed E-state index contributed by atoms with van der Waals surface area (Å²) in [6.07, 6.45) is -0.201. The highest BCUT2D eigenvalue weighted by molar-refractivity contribution is 5.28. The van der Waals surface area contributed by atoms with Crippen molar-refractivity contribution in [3.63, 3.8) is 0 Å². The van der Waals surface area contributed by atoms with Crippen LogP contribution in [0.5, 0.6) is 0 Å². The molecule has 0 aliphatic heterocycles. The zero-order chi connectivity index (χ0) is 10.6. The molecule has 3 N–H and O–H groups in total. The molecule has 0 aromatic heterocycles.